The lowest BCUT2D eigenvalue weighted by atomic mass is 10.2. The van der Waals surface area contributed by atoms with Crippen LogP contribution in [0, 0.1) is 0 Å². The van der Waals surface area contributed by atoms with Crippen molar-refractivity contribution < 1.29 is 9.15 Å². The van der Waals surface area contributed by atoms with Crippen molar-refractivity contribution in [3.8, 4) is 6.08 Å². The average molecular weight is 246 g/mol. The highest BCUT2D eigenvalue weighted by molar-refractivity contribution is 6.01. The lowest BCUT2D eigenvalue weighted by Gasteiger charge is -2.06. The van der Waals surface area contributed by atoms with Gasteiger partial charge in [-0.05, 0) is 19.1 Å². The van der Waals surface area contributed by atoms with Gasteiger partial charge >= 0.3 is 6.08 Å². The Balaban J connectivity index is 2.29. The van der Waals surface area contributed by atoms with E-state index in [9.17, 15) is 0 Å². The van der Waals surface area contributed by atoms with E-state index in [1.165, 1.54) is 7.11 Å². The van der Waals surface area contributed by atoms with Gasteiger partial charge in [0.25, 0.3) is 0 Å². The summed E-state index contributed by atoms with van der Waals surface area (Å²) in [5.74, 6) is 0. The van der Waals surface area contributed by atoms with E-state index >= 15 is 0 Å². The third-order valence-electron chi connectivity index (χ3n) is 2.78. The molecule has 6 heteroatoms. The van der Waals surface area contributed by atoms with Gasteiger partial charge in [-0.2, -0.15) is 10.1 Å². The van der Waals surface area contributed by atoms with E-state index in [-0.39, 0.29) is 12.1 Å². The molecule has 2 N–H and O–H groups in total. The molecular formula is C12H14N4O2. The van der Waals surface area contributed by atoms with E-state index in [4.69, 9.17) is 14.9 Å². The van der Waals surface area contributed by atoms with E-state index in [0.29, 0.717) is 12.1 Å². The lowest BCUT2D eigenvalue weighted by molar-refractivity contribution is 0.299. The van der Waals surface area contributed by atoms with Crippen LogP contribution in [-0.2, 0) is 6.54 Å². The highest BCUT2D eigenvalue weighted by Crippen LogP contribution is 2.28. The number of hydrogen-bond donors (Lipinski definition) is 1. The molecule has 94 valence electrons. The van der Waals surface area contributed by atoms with E-state index in [1.54, 1.807) is 6.20 Å². The van der Waals surface area contributed by atoms with Crippen LogP contribution in [-0.4, -0.2) is 27.9 Å². The Hall–Kier alpha value is -2.08. The van der Waals surface area contributed by atoms with Crippen LogP contribution in [0.25, 0.3) is 22.0 Å². The van der Waals surface area contributed by atoms with E-state index in [1.807, 2.05) is 23.7 Å². The molecule has 2 heterocycles. The molecular weight excluding hydrogens is 232 g/mol. The summed E-state index contributed by atoms with van der Waals surface area (Å²) < 4.78 is 12.3. The summed E-state index contributed by atoms with van der Waals surface area (Å²) in [7, 11) is 1.53. The third-order valence-corrected chi connectivity index (χ3v) is 2.78. The third kappa shape index (κ3) is 1.62. The van der Waals surface area contributed by atoms with Crippen LogP contribution in [0.15, 0.2) is 22.7 Å². The molecule has 0 radical (unpaired) electrons. The predicted molar refractivity (Wildman–Crippen MR) is 67.5 cm³/mol. The summed E-state index contributed by atoms with van der Waals surface area (Å²) >= 11 is 0. The molecule has 18 heavy (non-hydrogen) atoms. The summed E-state index contributed by atoms with van der Waals surface area (Å²) in [5.41, 5.74) is 8.19. The standard InChI is InChI=1S/C12H14N4O2/c1-7(13)6-16-11-8(5-14-16)3-4-9-10(11)15-12(17-2)18-9/h3-5,7H,6,13H2,1-2H3. The Morgan fingerprint density at radius 2 is 2.33 bits per heavy atom. The molecule has 0 saturated heterocycles. The zero-order valence-electron chi connectivity index (χ0n) is 10.3. The fraction of sp³-hybridized carbons (Fsp3) is 0.333. The lowest BCUT2D eigenvalue weighted by Crippen LogP contribution is -2.22. The topological polar surface area (TPSA) is 79.1 Å². The number of rotatable bonds is 3. The van der Waals surface area contributed by atoms with Gasteiger partial charge in [0.15, 0.2) is 5.58 Å². The van der Waals surface area contributed by atoms with Crippen molar-refractivity contribution in [3.05, 3.63) is 18.3 Å². The molecule has 0 spiro atoms. The highest BCUT2D eigenvalue weighted by Gasteiger charge is 2.14. The molecule has 2 aromatic heterocycles. The second-order valence-corrected chi connectivity index (χ2v) is 4.34. The van der Waals surface area contributed by atoms with Gasteiger partial charge in [0.05, 0.1) is 25.4 Å². The molecule has 1 unspecified atom stereocenters. The van der Waals surface area contributed by atoms with Gasteiger partial charge in [0, 0.05) is 11.4 Å². The first-order chi connectivity index (χ1) is 8.69. The Labute approximate surface area is 103 Å². The van der Waals surface area contributed by atoms with Gasteiger partial charge in [-0.15, -0.1) is 0 Å². The molecule has 1 atom stereocenters. The van der Waals surface area contributed by atoms with Crippen molar-refractivity contribution in [2.75, 3.05) is 7.11 Å². The summed E-state index contributed by atoms with van der Waals surface area (Å²) in [4.78, 5) is 4.31. The molecule has 0 saturated carbocycles. The molecule has 0 aliphatic heterocycles. The van der Waals surface area contributed by atoms with Crippen molar-refractivity contribution in [1.29, 1.82) is 0 Å². The number of ether oxygens (including phenoxy) is 1. The minimum Gasteiger partial charge on any atom is -0.453 e. The normalized spacial score (nSPS) is 13.3. The Morgan fingerprint density at radius 1 is 1.50 bits per heavy atom. The summed E-state index contributed by atoms with van der Waals surface area (Å²) in [5, 5.41) is 5.35. The van der Waals surface area contributed by atoms with Crippen molar-refractivity contribution >= 4 is 22.0 Å². The van der Waals surface area contributed by atoms with Crippen molar-refractivity contribution in [3.63, 3.8) is 0 Å². The summed E-state index contributed by atoms with van der Waals surface area (Å²) in [6.07, 6.45) is 2.06. The predicted octanol–water partition coefficient (Wildman–Crippen LogP) is 1.53. The van der Waals surface area contributed by atoms with Gasteiger partial charge in [-0.1, -0.05) is 0 Å². The zero-order valence-corrected chi connectivity index (χ0v) is 10.3. The first-order valence-electron chi connectivity index (χ1n) is 5.73. The highest BCUT2D eigenvalue weighted by atomic mass is 16.6. The molecule has 3 rings (SSSR count). The average Bonchev–Trinajstić information content (AvgIpc) is 2.91. The molecule has 0 aliphatic carbocycles. The maximum atomic E-state index is 5.82. The summed E-state index contributed by atoms with van der Waals surface area (Å²) in [6.45, 7) is 2.58. The number of fused-ring (bicyclic) bond motifs is 3. The number of aromatic nitrogens is 3. The van der Waals surface area contributed by atoms with Crippen LogP contribution < -0.4 is 10.5 Å². The van der Waals surface area contributed by atoms with Crippen LogP contribution >= 0.6 is 0 Å². The Morgan fingerprint density at radius 3 is 3.06 bits per heavy atom. The second kappa shape index (κ2) is 3.99. The second-order valence-electron chi connectivity index (χ2n) is 4.34. The largest absolute Gasteiger partial charge is 0.453 e. The number of methoxy groups -OCH3 is 1. The van der Waals surface area contributed by atoms with Gasteiger partial charge in [0.2, 0.25) is 0 Å². The van der Waals surface area contributed by atoms with Gasteiger partial charge in [0.1, 0.15) is 5.52 Å². The quantitative estimate of drug-likeness (QED) is 0.758. The van der Waals surface area contributed by atoms with Crippen LogP contribution in [0.5, 0.6) is 6.08 Å². The number of benzene rings is 1. The zero-order chi connectivity index (χ0) is 12.7. The fourth-order valence-electron chi connectivity index (χ4n) is 2.04. The van der Waals surface area contributed by atoms with Crippen LogP contribution in [0.1, 0.15) is 6.92 Å². The summed E-state index contributed by atoms with van der Waals surface area (Å²) in [6, 6.07) is 3.84. The molecule has 0 fully saturated rings. The number of nitrogens with two attached hydrogens (primary N) is 1. The Bertz CT molecular complexity index is 699. The molecule has 3 aromatic rings. The van der Waals surface area contributed by atoms with Crippen molar-refractivity contribution in [1.82, 2.24) is 14.8 Å². The maximum Gasteiger partial charge on any atom is 0.394 e. The van der Waals surface area contributed by atoms with E-state index in [2.05, 4.69) is 10.1 Å². The molecule has 6 nitrogen and oxygen atoms in total. The molecule has 0 bridgehead atoms. The molecule has 0 amide bonds. The minimum atomic E-state index is 0.0251. The van der Waals surface area contributed by atoms with E-state index in [0.717, 1.165) is 16.4 Å². The molecule has 0 aliphatic rings. The van der Waals surface area contributed by atoms with Crippen molar-refractivity contribution in [2.45, 2.75) is 19.5 Å². The fourth-order valence-corrected chi connectivity index (χ4v) is 2.04. The Kier molecular flexibility index (Phi) is 2.45. The van der Waals surface area contributed by atoms with Crippen LogP contribution in [0.4, 0.5) is 0 Å². The van der Waals surface area contributed by atoms with E-state index < -0.39 is 0 Å². The number of nitrogens with zero attached hydrogens (tertiary/aromatic N) is 3. The SMILES string of the molecule is COc1nc2c(ccc3cnn(CC(C)N)c32)o1. The first-order valence-corrected chi connectivity index (χ1v) is 5.73. The number of hydrogen-bond acceptors (Lipinski definition) is 5. The minimum absolute atomic E-state index is 0.0251. The maximum absolute atomic E-state index is 5.82. The van der Waals surface area contributed by atoms with Crippen LogP contribution in [0.3, 0.4) is 0 Å². The van der Waals surface area contributed by atoms with Gasteiger partial charge in [-0.25, -0.2) is 0 Å². The first kappa shape index (κ1) is 11.0. The van der Waals surface area contributed by atoms with Gasteiger partial charge < -0.3 is 14.9 Å². The smallest absolute Gasteiger partial charge is 0.394 e. The van der Waals surface area contributed by atoms with Crippen LogP contribution in [0.2, 0.25) is 0 Å². The van der Waals surface area contributed by atoms with Crippen molar-refractivity contribution in [2.24, 2.45) is 5.73 Å². The monoisotopic (exact) mass is 246 g/mol. The number of oxazole rings is 1. The molecule has 1 aromatic carbocycles. The van der Waals surface area contributed by atoms with Gasteiger partial charge in [-0.3, -0.25) is 4.68 Å².